The SMILES string of the molecule is Cc1cccc(N2CCN(C(=O)c3csc(C)c3C)CC2)c1C. The summed E-state index contributed by atoms with van der Waals surface area (Å²) in [6, 6.07) is 6.46. The number of carbonyl (C=O) groups is 1. The summed E-state index contributed by atoms with van der Waals surface area (Å²) in [6.07, 6.45) is 0. The molecule has 3 rings (SSSR count). The first-order valence-electron chi connectivity index (χ1n) is 8.14. The van der Waals surface area contributed by atoms with Gasteiger partial charge in [0.2, 0.25) is 0 Å². The minimum absolute atomic E-state index is 0.187. The largest absolute Gasteiger partial charge is 0.368 e. The molecule has 0 bridgehead atoms. The monoisotopic (exact) mass is 328 g/mol. The number of anilines is 1. The van der Waals surface area contributed by atoms with Gasteiger partial charge in [0.15, 0.2) is 0 Å². The van der Waals surface area contributed by atoms with Gasteiger partial charge in [0.05, 0.1) is 5.56 Å². The van der Waals surface area contributed by atoms with Crippen molar-refractivity contribution < 1.29 is 4.79 Å². The number of benzene rings is 1. The summed E-state index contributed by atoms with van der Waals surface area (Å²) < 4.78 is 0. The molecular formula is C19H24N2OS. The molecule has 0 aliphatic carbocycles. The number of hydrogen-bond donors (Lipinski definition) is 0. The molecule has 0 atom stereocenters. The molecule has 0 unspecified atom stereocenters. The molecule has 3 nitrogen and oxygen atoms in total. The number of aryl methyl sites for hydroxylation is 2. The molecule has 122 valence electrons. The molecule has 0 saturated carbocycles. The molecule has 1 amide bonds. The van der Waals surface area contributed by atoms with Gasteiger partial charge >= 0.3 is 0 Å². The predicted molar refractivity (Wildman–Crippen MR) is 97.8 cm³/mol. The fraction of sp³-hybridized carbons (Fsp3) is 0.421. The van der Waals surface area contributed by atoms with Crippen LogP contribution in [0.15, 0.2) is 23.6 Å². The van der Waals surface area contributed by atoms with E-state index in [0.717, 1.165) is 37.3 Å². The summed E-state index contributed by atoms with van der Waals surface area (Å²) >= 11 is 1.67. The van der Waals surface area contributed by atoms with E-state index in [0.29, 0.717) is 0 Å². The first-order valence-corrected chi connectivity index (χ1v) is 9.02. The Bertz CT molecular complexity index is 727. The van der Waals surface area contributed by atoms with Crippen LogP contribution < -0.4 is 4.90 Å². The maximum absolute atomic E-state index is 12.7. The topological polar surface area (TPSA) is 23.6 Å². The van der Waals surface area contributed by atoms with Crippen molar-refractivity contribution >= 4 is 22.9 Å². The average molecular weight is 328 g/mol. The van der Waals surface area contributed by atoms with Gasteiger partial charge in [-0.15, -0.1) is 11.3 Å². The first kappa shape index (κ1) is 16.1. The lowest BCUT2D eigenvalue weighted by Crippen LogP contribution is -2.49. The van der Waals surface area contributed by atoms with E-state index in [9.17, 15) is 4.79 Å². The van der Waals surface area contributed by atoms with Crippen molar-refractivity contribution in [3.05, 3.63) is 50.7 Å². The van der Waals surface area contributed by atoms with E-state index >= 15 is 0 Å². The second-order valence-corrected chi connectivity index (χ2v) is 7.41. The highest BCUT2D eigenvalue weighted by atomic mass is 32.1. The summed E-state index contributed by atoms with van der Waals surface area (Å²) in [5.41, 5.74) is 5.99. The lowest BCUT2D eigenvalue weighted by molar-refractivity contribution is 0.0746. The molecule has 1 aliphatic heterocycles. The zero-order chi connectivity index (χ0) is 16.6. The summed E-state index contributed by atoms with van der Waals surface area (Å²) in [5.74, 6) is 0.187. The Balaban J connectivity index is 1.70. The van der Waals surface area contributed by atoms with Gasteiger partial charge in [0.25, 0.3) is 5.91 Å². The first-order chi connectivity index (χ1) is 11.0. The van der Waals surface area contributed by atoms with Gasteiger partial charge in [-0.3, -0.25) is 4.79 Å². The van der Waals surface area contributed by atoms with Crippen molar-refractivity contribution in [1.82, 2.24) is 4.90 Å². The van der Waals surface area contributed by atoms with Crippen LogP contribution in [0.25, 0.3) is 0 Å². The molecule has 0 radical (unpaired) electrons. The second kappa shape index (κ2) is 6.36. The van der Waals surface area contributed by atoms with Gasteiger partial charge in [-0.25, -0.2) is 0 Å². The molecule has 2 heterocycles. The highest BCUT2D eigenvalue weighted by Crippen LogP contribution is 2.26. The third kappa shape index (κ3) is 3.00. The third-order valence-corrected chi connectivity index (χ3v) is 6.01. The summed E-state index contributed by atoms with van der Waals surface area (Å²) in [5, 5.41) is 2.00. The normalized spacial score (nSPS) is 15.1. The zero-order valence-electron chi connectivity index (χ0n) is 14.3. The van der Waals surface area contributed by atoms with Crippen molar-refractivity contribution in [3.63, 3.8) is 0 Å². The zero-order valence-corrected chi connectivity index (χ0v) is 15.2. The van der Waals surface area contributed by atoms with Gasteiger partial charge in [-0.05, 0) is 50.5 Å². The summed E-state index contributed by atoms with van der Waals surface area (Å²) in [7, 11) is 0. The van der Waals surface area contributed by atoms with Crippen molar-refractivity contribution in [2.45, 2.75) is 27.7 Å². The van der Waals surface area contributed by atoms with E-state index < -0.39 is 0 Å². The molecule has 4 heteroatoms. The van der Waals surface area contributed by atoms with Crippen LogP contribution in [0.1, 0.15) is 31.9 Å². The maximum Gasteiger partial charge on any atom is 0.255 e. The van der Waals surface area contributed by atoms with Crippen molar-refractivity contribution in [2.75, 3.05) is 31.1 Å². The molecule has 1 aliphatic rings. The number of amides is 1. The van der Waals surface area contributed by atoms with Crippen LogP contribution in [0.4, 0.5) is 5.69 Å². The molecule has 1 aromatic carbocycles. The smallest absolute Gasteiger partial charge is 0.255 e. The second-order valence-electron chi connectivity index (χ2n) is 6.33. The number of rotatable bonds is 2. The highest BCUT2D eigenvalue weighted by molar-refractivity contribution is 7.10. The molecule has 0 spiro atoms. The molecule has 1 fully saturated rings. The Morgan fingerprint density at radius 3 is 2.30 bits per heavy atom. The van der Waals surface area contributed by atoms with E-state index in [4.69, 9.17) is 0 Å². The van der Waals surface area contributed by atoms with Crippen LogP contribution in [0.2, 0.25) is 0 Å². The van der Waals surface area contributed by atoms with Gasteiger partial charge in [-0.1, -0.05) is 12.1 Å². The molecule has 0 N–H and O–H groups in total. The number of nitrogens with zero attached hydrogens (tertiary/aromatic N) is 2. The van der Waals surface area contributed by atoms with Crippen molar-refractivity contribution in [3.8, 4) is 0 Å². The Morgan fingerprint density at radius 1 is 1.00 bits per heavy atom. The molecule has 1 saturated heterocycles. The van der Waals surface area contributed by atoms with Crippen LogP contribution in [0.3, 0.4) is 0 Å². The van der Waals surface area contributed by atoms with Gasteiger partial charge in [0, 0.05) is 42.1 Å². The van der Waals surface area contributed by atoms with E-state index in [1.54, 1.807) is 11.3 Å². The number of piperazine rings is 1. The molecular weight excluding hydrogens is 304 g/mol. The van der Waals surface area contributed by atoms with Crippen molar-refractivity contribution in [2.24, 2.45) is 0 Å². The van der Waals surface area contributed by atoms with Crippen LogP contribution in [-0.4, -0.2) is 37.0 Å². The fourth-order valence-corrected chi connectivity index (χ4v) is 3.98. The Kier molecular flexibility index (Phi) is 4.44. The van der Waals surface area contributed by atoms with E-state index in [1.807, 2.05) is 17.2 Å². The van der Waals surface area contributed by atoms with Gasteiger partial charge in [-0.2, -0.15) is 0 Å². The van der Waals surface area contributed by atoms with Crippen LogP contribution in [0, 0.1) is 27.7 Å². The quantitative estimate of drug-likeness (QED) is 0.833. The van der Waals surface area contributed by atoms with E-state index in [1.165, 1.54) is 21.7 Å². The lowest BCUT2D eigenvalue weighted by Gasteiger charge is -2.37. The highest BCUT2D eigenvalue weighted by Gasteiger charge is 2.24. The van der Waals surface area contributed by atoms with Gasteiger partial charge < -0.3 is 9.80 Å². The Hall–Kier alpha value is -1.81. The van der Waals surface area contributed by atoms with Crippen LogP contribution in [-0.2, 0) is 0 Å². The maximum atomic E-state index is 12.7. The number of carbonyl (C=O) groups excluding carboxylic acids is 1. The standard InChI is InChI=1S/C19H24N2OS/c1-13-6-5-7-18(14(13)2)20-8-10-21(11-9-20)19(22)17-12-23-16(4)15(17)3/h5-7,12H,8-11H2,1-4H3. The Labute approximate surface area is 142 Å². The number of thiophene rings is 1. The molecule has 1 aromatic heterocycles. The lowest BCUT2D eigenvalue weighted by atomic mass is 10.1. The molecule has 2 aromatic rings. The van der Waals surface area contributed by atoms with Crippen LogP contribution in [0.5, 0.6) is 0 Å². The fourth-order valence-electron chi connectivity index (χ4n) is 3.12. The minimum atomic E-state index is 0.187. The van der Waals surface area contributed by atoms with E-state index in [2.05, 4.69) is 43.9 Å². The third-order valence-electron chi connectivity index (χ3n) is 5.00. The van der Waals surface area contributed by atoms with Crippen molar-refractivity contribution in [1.29, 1.82) is 0 Å². The average Bonchev–Trinajstić information content (AvgIpc) is 2.89. The Morgan fingerprint density at radius 2 is 1.70 bits per heavy atom. The number of hydrogen-bond acceptors (Lipinski definition) is 3. The summed E-state index contributed by atoms with van der Waals surface area (Å²) in [6.45, 7) is 11.8. The predicted octanol–water partition coefficient (Wildman–Crippen LogP) is 3.94. The minimum Gasteiger partial charge on any atom is -0.368 e. The van der Waals surface area contributed by atoms with Gasteiger partial charge in [0.1, 0.15) is 0 Å². The van der Waals surface area contributed by atoms with Crippen LogP contribution >= 0.6 is 11.3 Å². The summed E-state index contributed by atoms with van der Waals surface area (Å²) in [4.78, 5) is 18.3. The van der Waals surface area contributed by atoms with E-state index in [-0.39, 0.29) is 5.91 Å². The molecule has 23 heavy (non-hydrogen) atoms.